The van der Waals surface area contributed by atoms with Crippen LogP contribution in [0.1, 0.15) is 5.56 Å². The van der Waals surface area contributed by atoms with Crippen LogP contribution in [-0.4, -0.2) is 0 Å². The van der Waals surface area contributed by atoms with Crippen LogP contribution in [0.25, 0.3) is 0 Å². The standard InChI is InChI=1S/C7HBr2F2N/c8-4-1-5(10)3(2-12)6(9)7(4)11/h1H. The van der Waals surface area contributed by atoms with Gasteiger partial charge in [0.2, 0.25) is 0 Å². The molecule has 5 heteroatoms. The molecule has 0 saturated heterocycles. The highest BCUT2D eigenvalue weighted by molar-refractivity contribution is 9.11. The molecule has 0 saturated carbocycles. The molecule has 0 bridgehead atoms. The van der Waals surface area contributed by atoms with Crippen LogP contribution in [0.2, 0.25) is 0 Å². The molecule has 0 amide bonds. The maximum atomic E-state index is 12.9. The normalized spacial score (nSPS) is 9.58. The minimum atomic E-state index is -0.752. The molecule has 1 rings (SSSR count). The molecule has 62 valence electrons. The highest BCUT2D eigenvalue weighted by atomic mass is 79.9. The predicted octanol–water partition coefficient (Wildman–Crippen LogP) is 3.36. The fourth-order valence-electron chi connectivity index (χ4n) is 0.669. The summed E-state index contributed by atoms with van der Waals surface area (Å²) in [4.78, 5) is 0. The van der Waals surface area contributed by atoms with E-state index in [0.717, 1.165) is 6.07 Å². The van der Waals surface area contributed by atoms with Crippen LogP contribution in [0.5, 0.6) is 0 Å². The summed E-state index contributed by atoms with van der Waals surface area (Å²) < 4.78 is 25.6. The summed E-state index contributed by atoms with van der Waals surface area (Å²) in [7, 11) is 0. The molecule has 0 spiro atoms. The Balaban J connectivity index is 3.54. The van der Waals surface area contributed by atoms with Gasteiger partial charge in [0.15, 0.2) is 5.82 Å². The smallest absolute Gasteiger partial charge is 0.153 e. The Morgan fingerprint density at radius 3 is 2.42 bits per heavy atom. The van der Waals surface area contributed by atoms with Gasteiger partial charge in [-0.05, 0) is 37.9 Å². The fraction of sp³-hybridized carbons (Fsp3) is 0. The van der Waals surface area contributed by atoms with Gasteiger partial charge in [0, 0.05) is 0 Å². The highest BCUT2D eigenvalue weighted by Gasteiger charge is 2.14. The number of halogens is 4. The maximum absolute atomic E-state index is 12.9. The number of rotatable bonds is 0. The zero-order chi connectivity index (χ0) is 9.30. The molecule has 0 heterocycles. The van der Waals surface area contributed by atoms with Gasteiger partial charge >= 0.3 is 0 Å². The maximum Gasteiger partial charge on any atom is 0.153 e. The van der Waals surface area contributed by atoms with Crippen LogP contribution in [0.4, 0.5) is 8.78 Å². The number of nitriles is 1. The average Bonchev–Trinajstić information content (AvgIpc) is 2.01. The third-order valence-corrected chi connectivity index (χ3v) is 2.55. The van der Waals surface area contributed by atoms with Crippen molar-refractivity contribution in [1.29, 1.82) is 5.26 Å². The summed E-state index contributed by atoms with van der Waals surface area (Å²) >= 11 is 5.58. The van der Waals surface area contributed by atoms with E-state index in [9.17, 15) is 8.78 Å². The molecule has 0 aromatic heterocycles. The van der Waals surface area contributed by atoms with Crippen molar-refractivity contribution < 1.29 is 8.78 Å². The van der Waals surface area contributed by atoms with Crippen LogP contribution in [0, 0.1) is 23.0 Å². The quantitative estimate of drug-likeness (QED) is 0.532. The summed E-state index contributed by atoms with van der Waals surface area (Å²) in [5.74, 6) is -1.43. The van der Waals surface area contributed by atoms with Gasteiger partial charge in [-0.25, -0.2) is 8.78 Å². The van der Waals surface area contributed by atoms with Gasteiger partial charge in [-0.1, -0.05) is 0 Å². The van der Waals surface area contributed by atoms with Crippen LogP contribution in [-0.2, 0) is 0 Å². The van der Waals surface area contributed by atoms with E-state index < -0.39 is 11.6 Å². The van der Waals surface area contributed by atoms with Crippen LogP contribution in [0.3, 0.4) is 0 Å². The third kappa shape index (κ3) is 1.50. The zero-order valence-electron chi connectivity index (χ0n) is 5.54. The molecule has 0 atom stereocenters. The van der Waals surface area contributed by atoms with Crippen molar-refractivity contribution in [3.63, 3.8) is 0 Å². The average molecular weight is 297 g/mol. The minimum absolute atomic E-state index is 0.00845. The first-order valence-corrected chi connectivity index (χ1v) is 4.39. The number of benzene rings is 1. The molecule has 0 aliphatic carbocycles. The van der Waals surface area contributed by atoms with Crippen molar-refractivity contribution in [2.45, 2.75) is 0 Å². The van der Waals surface area contributed by atoms with Gasteiger partial charge in [0.1, 0.15) is 17.4 Å². The van der Waals surface area contributed by atoms with Crippen molar-refractivity contribution in [2.24, 2.45) is 0 Å². The Morgan fingerprint density at radius 2 is 1.92 bits per heavy atom. The molecule has 12 heavy (non-hydrogen) atoms. The van der Waals surface area contributed by atoms with E-state index >= 15 is 0 Å². The lowest BCUT2D eigenvalue weighted by molar-refractivity contribution is 0.585. The lowest BCUT2D eigenvalue weighted by Crippen LogP contribution is -1.90. The predicted molar refractivity (Wildman–Crippen MR) is 46.5 cm³/mol. The lowest BCUT2D eigenvalue weighted by Gasteiger charge is -2.00. The monoisotopic (exact) mass is 295 g/mol. The van der Waals surface area contributed by atoms with Gasteiger partial charge in [-0.2, -0.15) is 5.26 Å². The fourth-order valence-corrected chi connectivity index (χ4v) is 1.83. The molecule has 1 aromatic carbocycles. The van der Waals surface area contributed by atoms with E-state index in [1.165, 1.54) is 0 Å². The largest absolute Gasteiger partial charge is 0.205 e. The Morgan fingerprint density at radius 1 is 1.33 bits per heavy atom. The van der Waals surface area contributed by atoms with Gasteiger partial charge in [-0.15, -0.1) is 0 Å². The Hall–Kier alpha value is -0.470. The van der Waals surface area contributed by atoms with Crippen molar-refractivity contribution >= 4 is 31.9 Å². The van der Waals surface area contributed by atoms with Crippen LogP contribution in [0.15, 0.2) is 15.0 Å². The summed E-state index contributed by atoms with van der Waals surface area (Å²) in [5.41, 5.74) is -0.323. The second-order valence-corrected chi connectivity index (χ2v) is 3.60. The van der Waals surface area contributed by atoms with E-state index in [4.69, 9.17) is 5.26 Å². The molecule has 0 radical (unpaired) electrons. The topological polar surface area (TPSA) is 23.8 Å². The first-order valence-electron chi connectivity index (χ1n) is 2.81. The first kappa shape index (κ1) is 9.62. The van der Waals surface area contributed by atoms with Crippen molar-refractivity contribution in [3.8, 4) is 6.07 Å². The Labute approximate surface area is 84.3 Å². The molecule has 0 aliphatic heterocycles. The summed E-state index contributed by atoms with van der Waals surface area (Å²) in [6.07, 6.45) is 0. The third-order valence-electron chi connectivity index (χ3n) is 1.23. The van der Waals surface area contributed by atoms with E-state index in [0.29, 0.717) is 0 Å². The number of hydrogen-bond acceptors (Lipinski definition) is 1. The minimum Gasteiger partial charge on any atom is -0.205 e. The van der Waals surface area contributed by atoms with Gasteiger partial charge in [0.25, 0.3) is 0 Å². The highest BCUT2D eigenvalue weighted by Crippen LogP contribution is 2.28. The molecule has 0 unspecified atom stereocenters. The second-order valence-electron chi connectivity index (χ2n) is 1.95. The van der Waals surface area contributed by atoms with Crippen molar-refractivity contribution in [3.05, 3.63) is 32.2 Å². The zero-order valence-corrected chi connectivity index (χ0v) is 8.71. The molecule has 0 aliphatic rings. The number of nitrogens with zero attached hydrogens (tertiary/aromatic N) is 1. The van der Waals surface area contributed by atoms with Crippen LogP contribution >= 0.6 is 31.9 Å². The molecular formula is C7HBr2F2N. The number of hydrogen-bond donors (Lipinski definition) is 0. The summed E-state index contributed by atoms with van der Waals surface area (Å²) in [5, 5.41) is 8.41. The van der Waals surface area contributed by atoms with Gasteiger partial charge in [-0.3, -0.25) is 0 Å². The second kappa shape index (κ2) is 3.50. The van der Waals surface area contributed by atoms with E-state index in [1.807, 2.05) is 0 Å². The van der Waals surface area contributed by atoms with E-state index in [2.05, 4.69) is 31.9 Å². The first-order chi connectivity index (χ1) is 5.57. The van der Waals surface area contributed by atoms with E-state index in [-0.39, 0.29) is 14.5 Å². The molecule has 0 N–H and O–H groups in total. The molecule has 1 nitrogen and oxygen atoms in total. The van der Waals surface area contributed by atoms with Gasteiger partial charge < -0.3 is 0 Å². The van der Waals surface area contributed by atoms with Crippen molar-refractivity contribution in [1.82, 2.24) is 0 Å². The molecule has 1 aromatic rings. The molecular weight excluding hydrogens is 296 g/mol. The van der Waals surface area contributed by atoms with Crippen molar-refractivity contribution in [2.75, 3.05) is 0 Å². The SMILES string of the molecule is N#Cc1c(F)cc(Br)c(F)c1Br. The lowest BCUT2D eigenvalue weighted by atomic mass is 10.2. The Bertz CT molecular complexity index is 371. The molecule has 0 fully saturated rings. The summed E-state index contributed by atoms with van der Waals surface area (Å²) in [6.45, 7) is 0. The Kier molecular flexibility index (Phi) is 2.80. The van der Waals surface area contributed by atoms with Crippen LogP contribution < -0.4 is 0 Å². The van der Waals surface area contributed by atoms with E-state index in [1.54, 1.807) is 6.07 Å². The summed E-state index contributed by atoms with van der Waals surface area (Å²) in [6, 6.07) is 2.46. The van der Waals surface area contributed by atoms with Gasteiger partial charge in [0.05, 0.1) is 8.95 Å².